The van der Waals surface area contributed by atoms with Crippen LogP contribution in [0.3, 0.4) is 0 Å². The van der Waals surface area contributed by atoms with Gasteiger partial charge in [-0.3, -0.25) is 4.79 Å². The molecular weight excluding hydrogens is 312 g/mol. The van der Waals surface area contributed by atoms with E-state index in [1.807, 2.05) is 0 Å². The molecule has 126 valence electrons. The second-order valence-electron chi connectivity index (χ2n) is 5.13. The molecule has 2 atom stereocenters. The molecule has 2 N–H and O–H groups in total. The molecule has 0 radical (unpaired) electrons. The lowest BCUT2D eigenvalue weighted by molar-refractivity contribution is -0.147. The van der Waals surface area contributed by atoms with Crippen molar-refractivity contribution in [2.45, 2.75) is 12.0 Å². The third kappa shape index (κ3) is 3.72. The van der Waals surface area contributed by atoms with E-state index in [9.17, 15) is 14.7 Å². The van der Waals surface area contributed by atoms with Crippen LogP contribution in [0.5, 0.6) is 11.5 Å². The van der Waals surface area contributed by atoms with Gasteiger partial charge < -0.3 is 19.7 Å². The standard InChI is InChI=1S/C18H18O6/c1-23-13-7-3-11(4-8-13)15(17(20)18(21)22)16(19)12-5-9-14(24-2)10-6-12/h3-10,15,17,20H,1-2H3,(H,21,22). The van der Waals surface area contributed by atoms with Crippen molar-refractivity contribution in [2.75, 3.05) is 14.2 Å². The van der Waals surface area contributed by atoms with Crippen LogP contribution >= 0.6 is 0 Å². The molecule has 6 heteroatoms. The highest BCUT2D eigenvalue weighted by Gasteiger charge is 2.34. The third-order valence-electron chi connectivity index (χ3n) is 3.70. The molecule has 0 bridgehead atoms. The summed E-state index contributed by atoms with van der Waals surface area (Å²) in [5.41, 5.74) is 0.684. The molecule has 0 saturated heterocycles. The number of ketones is 1. The number of aliphatic hydroxyl groups excluding tert-OH is 1. The molecule has 0 fully saturated rings. The van der Waals surface area contributed by atoms with Crippen molar-refractivity contribution < 1.29 is 29.3 Å². The van der Waals surface area contributed by atoms with E-state index < -0.39 is 23.8 Å². The van der Waals surface area contributed by atoms with E-state index in [1.165, 1.54) is 26.4 Å². The summed E-state index contributed by atoms with van der Waals surface area (Å²) in [6, 6.07) is 12.6. The highest BCUT2D eigenvalue weighted by atomic mass is 16.5. The van der Waals surface area contributed by atoms with Crippen LogP contribution in [-0.4, -0.2) is 42.3 Å². The fraction of sp³-hybridized carbons (Fsp3) is 0.222. The molecule has 2 rings (SSSR count). The molecule has 0 saturated carbocycles. The predicted molar refractivity (Wildman–Crippen MR) is 86.7 cm³/mol. The van der Waals surface area contributed by atoms with Gasteiger partial charge in [0.1, 0.15) is 11.5 Å². The van der Waals surface area contributed by atoms with Crippen LogP contribution in [0.25, 0.3) is 0 Å². The number of aliphatic hydroxyl groups is 1. The first-order chi connectivity index (χ1) is 11.5. The number of carboxylic acids is 1. The van der Waals surface area contributed by atoms with E-state index in [4.69, 9.17) is 14.6 Å². The van der Waals surface area contributed by atoms with Gasteiger partial charge in [0.2, 0.25) is 0 Å². The number of carbonyl (C=O) groups excluding carboxylic acids is 1. The Morgan fingerprint density at radius 2 is 1.33 bits per heavy atom. The second kappa shape index (κ2) is 7.61. The molecular formula is C18H18O6. The molecule has 0 amide bonds. The van der Waals surface area contributed by atoms with Gasteiger partial charge in [-0.1, -0.05) is 12.1 Å². The number of carbonyl (C=O) groups is 2. The molecule has 2 aromatic carbocycles. The first-order valence-corrected chi connectivity index (χ1v) is 7.21. The zero-order valence-corrected chi connectivity index (χ0v) is 13.3. The fourth-order valence-electron chi connectivity index (χ4n) is 2.37. The first kappa shape index (κ1) is 17.5. The summed E-state index contributed by atoms with van der Waals surface area (Å²) in [6.45, 7) is 0. The monoisotopic (exact) mass is 330 g/mol. The molecule has 2 unspecified atom stereocenters. The van der Waals surface area contributed by atoms with Crippen molar-refractivity contribution >= 4 is 11.8 Å². The Balaban J connectivity index is 2.40. The number of methoxy groups -OCH3 is 2. The molecule has 0 aliphatic rings. The Kier molecular flexibility index (Phi) is 5.55. The van der Waals surface area contributed by atoms with Crippen LogP contribution in [-0.2, 0) is 4.79 Å². The van der Waals surface area contributed by atoms with E-state index in [2.05, 4.69) is 0 Å². The van der Waals surface area contributed by atoms with Crippen molar-refractivity contribution in [3.63, 3.8) is 0 Å². The van der Waals surface area contributed by atoms with Gasteiger partial charge >= 0.3 is 5.97 Å². The molecule has 6 nitrogen and oxygen atoms in total. The van der Waals surface area contributed by atoms with Crippen molar-refractivity contribution in [2.24, 2.45) is 0 Å². The van der Waals surface area contributed by atoms with Crippen molar-refractivity contribution in [1.82, 2.24) is 0 Å². The highest BCUT2D eigenvalue weighted by Crippen LogP contribution is 2.27. The van der Waals surface area contributed by atoms with Gasteiger partial charge in [-0.2, -0.15) is 0 Å². The molecule has 24 heavy (non-hydrogen) atoms. The quantitative estimate of drug-likeness (QED) is 0.755. The fourth-order valence-corrected chi connectivity index (χ4v) is 2.37. The Bertz CT molecular complexity index is 705. The Labute approximate surface area is 139 Å². The van der Waals surface area contributed by atoms with Crippen LogP contribution < -0.4 is 9.47 Å². The third-order valence-corrected chi connectivity index (χ3v) is 3.70. The second-order valence-corrected chi connectivity index (χ2v) is 5.13. The molecule has 0 heterocycles. The molecule has 0 aliphatic carbocycles. The summed E-state index contributed by atoms with van der Waals surface area (Å²) in [5, 5.41) is 19.2. The summed E-state index contributed by atoms with van der Waals surface area (Å²) < 4.78 is 10.1. The summed E-state index contributed by atoms with van der Waals surface area (Å²) in [6.07, 6.45) is -1.85. The van der Waals surface area contributed by atoms with Crippen LogP contribution in [0.4, 0.5) is 0 Å². The molecule has 0 spiro atoms. The zero-order valence-electron chi connectivity index (χ0n) is 13.3. The lowest BCUT2D eigenvalue weighted by Crippen LogP contribution is -2.33. The van der Waals surface area contributed by atoms with Gasteiger partial charge in [0.25, 0.3) is 0 Å². The smallest absolute Gasteiger partial charge is 0.333 e. The maximum atomic E-state index is 12.7. The van der Waals surface area contributed by atoms with Crippen LogP contribution in [0.1, 0.15) is 21.8 Å². The van der Waals surface area contributed by atoms with Gasteiger partial charge in [0.15, 0.2) is 11.9 Å². The van der Waals surface area contributed by atoms with Crippen LogP contribution in [0.2, 0.25) is 0 Å². The number of hydrogen-bond donors (Lipinski definition) is 2. The van der Waals surface area contributed by atoms with E-state index in [0.717, 1.165) is 0 Å². The maximum absolute atomic E-state index is 12.7. The molecule has 2 aromatic rings. The number of rotatable bonds is 7. The average molecular weight is 330 g/mol. The maximum Gasteiger partial charge on any atom is 0.333 e. The van der Waals surface area contributed by atoms with Gasteiger partial charge in [0, 0.05) is 5.56 Å². The number of aliphatic carboxylic acids is 1. The molecule has 0 aliphatic heterocycles. The normalized spacial score (nSPS) is 13.0. The van der Waals surface area contributed by atoms with Crippen LogP contribution in [0, 0.1) is 0 Å². The Morgan fingerprint density at radius 3 is 1.75 bits per heavy atom. The predicted octanol–water partition coefficient (Wildman–Crippen LogP) is 2.12. The van der Waals surface area contributed by atoms with Crippen molar-refractivity contribution in [3.8, 4) is 11.5 Å². The topological polar surface area (TPSA) is 93.1 Å². The summed E-state index contributed by atoms with van der Waals surface area (Å²) in [5.74, 6) is -2.03. The Hall–Kier alpha value is -2.86. The minimum absolute atomic E-state index is 0.289. The first-order valence-electron chi connectivity index (χ1n) is 7.21. The zero-order chi connectivity index (χ0) is 17.7. The van der Waals surface area contributed by atoms with E-state index in [1.54, 1.807) is 36.4 Å². The van der Waals surface area contributed by atoms with Gasteiger partial charge in [-0.05, 0) is 42.0 Å². The minimum Gasteiger partial charge on any atom is -0.497 e. The van der Waals surface area contributed by atoms with E-state index >= 15 is 0 Å². The van der Waals surface area contributed by atoms with E-state index in [-0.39, 0.29) is 5.56 Å². The highest BCUT2D eigenvalue weighted by molar-refractivity contribution is 6.03. The lowest BCUT2D eigenvalue weighted by Gasteiger charge is -2.20. The lowest BCUT2D eigenvalue weighted by atomic mass is 9.86. The van der Waals surface area contributed by atoms with Gasteiger partial charge in [-0.15, -0.1) is 0 Å². The number of ether oxygens (including phenoxy) is 2. The number of Topliss-reactive ketones (excluding diaryl/α,β-unsaturated/α-hetero) is 1. The van der Waals surface area contributed by atoms with Gasteiger partial charge in [0.05, 0.1) is 20.1 Å². The summed E-state index contributed by atoms with van der Waals surface area (Å²) in [7, 11) is 3.01. The SMILES string of the molecule is COc1ccc(C(=O)C(c2ccc(OC)cc2)C(O)C(=O)O)cc1. The number of benzene rings is 2. The van der Waals surface area contributed by atoms with Crippen molar-refractivity contribution in [1.29, 1.82) is 0 Å². The summed E-state index contributed by atoms with van der Waals surface area (Å²) >= 11 is 0. The summed E-state index contributed by atoms with van der Waals surface area (Å²) in [4.78, 5) is 24.0. The minimum atomic E-state index is -1.85. The number of carboxylic acid groups (broad SMARTS) is 1. The average Bonchev–Trinajstić information content (AvgIpc) is 2.62. The number of hydrogen-bond acceptors (Lipinski definition) is 5. The van der Waals surface area contributed by atoms with E-state index in [0.29, 0.717) is 17.1 Å². The van der Waals surface area contributed by atoms with Gasteiger partial charge in [-0.25, -0.2) is 4.79 Å². The van der Waals surface area contributed by atoms with Crippen LogP contribution in [0.15, 0.2) is 48.5 Å². The Morgan fingerprint density at radius 1 is 0.875 bits per heavy atom. The molecule has 0 aromatic heterocycles. The van der Waals surface area contributed by atoms with Crippen molar-refractivity contribution in [3.05, 3.63) is 59.7 Å². The largest absolute Gasteiger partial charge is 0.497 e.